The van der Waals surface area contributed by atoms with Crippen molar-refractivity contribution in [2.75, 3.05) is 12.9 Å². The molecule has 9 heteroatoms. The third-order valence-electron chi connectivity index (χ3n) is 2.55. The van der Waals surface area contributed by atoms with E-state index in [9.17, 15) is 9.00 Å². The monoisotopic (exact) mass is 347 g/mol. The number of ether oxygens (including phenoxy) is 1. The molecule has 6 nitrogen and oxygen atoms in total. The number of carbonyl (C=O) groups excluding carboxylic acids is 1. The Bertz CT molecular complexity index is 690. The van der Waals surface area contributed by atoms with Gasteiger partial charge < -0.3 is 4.74 Å². The summed E-state index contributed by atoms with van der Waals surface area (Å²) in [5.74, 6) is -0.388. The first-order valence-electron chi connectivity index (χ1n) is 5.82. The van der Waals surface area contributed by atoms with Crippen molar-refractivity contribution in [3.05, 3.63) is 40.4 Å². The first kappa shape index (κ1) is 15.9. The normalized spacial score (nSPS) is 12.1. The van der Waals surface area contributed by atoms with E-state index < -0.39 is 16.8 Å². The molecule has 21 heavy (non-hydrogen) atoms. The Morgan fingerprint density at radius 1 is 1.43 bits per heavy atom. The second-order valence-corrected chi connectivity index (χ2v) is 6.33. The van der Waals surface area contributed by atoms with Crippen LogP contribution in [0.1, 0.15) is 10.6 Å². The summed E-state index contributed by atoms with van der Waals surface area (Å²) in [4.78, 5) is 15.5. The highest BCUT2D eigenvalue weighted by molar-refractivity contribution is 7.85. The van der Waals surface area contributed by atoms with Gasteiger partial charge in [0.2, 0.25) is 0 Å². The second-order valence-electron chi connectivity index (χ2n) is 3.95. The van der Waals surface area contributed by atoms with Gasteiger partial charge in [0.25, 0.3) is 5.82 Å². The zero-order valence-electron chi connectivity index (χ0n) is 11.0. The van der Waals surface area contributed by atoms with Crippen molar-refractivity contribution in [3.8, 4) is 0 Å². The predicted molar refractivity (Wildman–Crippen MR) is 79.1 cm³/mol. The molecule has 0 bridgehead atoms. The molecular formula is C12H11Cl2N3O3S. The lowest BCUT2D eigenvalue weighted by Gasteiger charge is -2.05. The molecule has 0 aliphatic heterocycles. The van der Waals surface area contributed by atoms with Crippen LogP contribution in [0.2, 0.25) is 10.0 Å². The van der Waals surface area contributed by atoms with Gasteiger partial charge in [-0.1, -0.05) is 23.2 Å². The molecule has 112 valence electrons. The van der Waals surface area contributed by atoms with Crippen molar-refractivity contribution in [1.29, 1.82) is 0 Å². The highest BCUT2D eigenvalue weighted by Gasteiger charge is 2.13. The van der Waals surface area contributed by atoms with Crippen molar-refractivity contribution in [2.24, 2.45) is 0 Å². The fraction of sp³-hybridized carbons (Fsp3) is 0.250. The molecule has 1 heterocycles. The number of halogens is 2. The molecule has 0 saturated carbocycles. The topological polar surface area (TPSA) is 74.1 Å². The molecule has 2 rings (SSSR count). The fourth-order valence-electron chi connectivity index (χ4n) is 1.53. The SMILES string of the molecule is COC(=O)c1ncn(CC[S@](=O)c2cc(Cl)ccc2Cl)n1. The predicted octanol–water partition coefficient (Wildman–Crippen LogP) is 2.18. The molecular weight excluding hydrogens is 337 g/mol. The highest BCUT2D eigenvalue weighted by Crippen LogP contribution is 2.23. The Balaban J connectivity index is 2.02. The number of nitrogens with zero attached hydrogens (tertiary/aromatic N) is 3. The van der Waals surface area contributed by atoms with Crippen LogP contribution in [0.5, 0.6) is 0 Å². The summed E-state index contributed by atoms with van der Waals surface area (Å²) in [6.07, 6.45) is 1.38. The molecule has 0 unspecified atom stereocenters. The number of aryl methyl sites for hydroxylation is 1. The lowest BCUT2D eigenvalue weighted by atomic mass is 10.4. The quantitative estimate of drug-likeness (QED) is 0.775. The number of rotatable bonds is 5. The molecule has 0 fully saturated rings. The van der Waals surface area contributed by atoms with E-state index in [2.05, 4.69) is 14.8 Å². The zero-order valence-corrected chi connectivity index (χ0v) is 13.3. The number of benzene rings is 1. The molecule has 0 amide bonds. The van der Waals surface area contributed by atoms with Crippen LogP contribution in [0.25, 0.3) is 0 Å². The van der Waals surface area contributed by atoms with Gasteiger partial charge in [0, 0.05) is 10.8 Å². The van der Waals surface area contributed by atoms with Crippen molar-refractivity contribution >= 4 is 40.0 Å². The van der Waals surface area contributed by atoms with Crippen molar-refractivity contribution < 1.29 is 13.7 Å². The van der Waals surface area contributed by atoms with Gasteiger partial charge in [0.15, 0.2) is 0 Å². The molecule has 2 aromatic rings. The third kappa shape index (κ3) is 4.03. The van der Waals surface area contributed by atoms with E-state index in [1.807, 2.05) is 0 Å². The van der Waals surface area contributed by atoms with E-state index >= 15 is 0 Å². The number of aromatic nitrogens is 3. The Morgan fingerprint density at radius 3 is 2.90 bits per heavy atom. The van der Waals surface area contributed by atoms with Crippen LogP contribution in [0, 0.1) is 0 Å². The largest absolute Gasteiger partial charge is 0.463 e. The standard InChI is InChI=1S/C12H11Cl2N3O3S/c1-20-12(18)11-15-7-17(16-11)4-5-21(19)10-6-8(13)2-3-9(10)14/h2-3,6-7H,4-5H2,1H3/t21-/m0/s1. The number of carbonyl (C=O) groups is 1. The lowest BCUT2D eigenvalue weighted by Crippen LogP contribution is -2.10. The van der Waals surface area contributed by atoms with E-state index in [1.165, 1.54) is 18.1 Å². The summed E-state index contributed by atoms with van der Waals surface area (Å²) < 4.78 is 18.1. The Labute approximate surface area is 133 Å². The molecule has 0 spiro atoms. The van der Waals surface area contributed by atoms with Gasteiger partial charge in [-0.3, -0.25) is 8.89 Å². The number of esters is 1. The Kier molecular flexibility index (Phi) is 5.33. The van der Waals surface area contributed by atoms with Crippen LogP contribution in [-0.2, 0) is 22.1 Å². The van der Waals surface area contributed by atoms with Crippen LogP contribution >= 0.6 is 23.2 Å². The smallest absolute Gasteiger partial charge is 0.377 e. The van der Waals surface area contributed by atoms with Crippen molar-refractivity contribution in [1.82, 2.24) is 14.8 Å². The minimum absolute atomic E-state index is 0.0379. The summed E-state index contributed by atoms with van der Waals surface area (Å²) in [6, 6.07) is 4.80. The molecule has 0 saturated heterocycles. The summed E-state index contributed by atoms with van der Waals surface area (Å²) in [6.45, 7) is 0.319. The Hall–Kier alpha value is -1.44. The summed E-state index contributed by atoms with van der Waals surface area (Å²) in [5.41, 5.74) is 0. The molecule has 0 aliphatic rings. The van der Waals surface area contributed by atoms with E-state index in [1.54, 1.807) is 18.2 Å². The number of methoxy groups -OCH3 is 1. The first-order chi connectivity index (χ1) is 10.0. The molecule has 0 N–H and O–H groups in total. The third-order valence-corrected chi connectivity index (χ3v) is 4.61. The van der Waals surface area contributed by atoms with Gasteiger partial charge in [-0.2, -0.15) is 0 Å². The average Bonchev–Trinajstić information content (AvgIpc) is 2.95. The Morgan fingerprint density at radius 2 is 2.19 bits per heavy atom. The van der Waals surface area contributed by atoms with Crippen LogP contribution in [-0.4, -0.2) is 37.8 Å². The summed E-state index contributed by atoms with van der Waals surface area (Å²) in [5, 5.41) is 4.79. The summed E-state index contributed by atoms with van der Waals surface area (Å²) in [7, 11) is -0.0809. The maximum Gasteiger partial charge on any atom is 0.377 e. The second kappa shape index (κ2) is 7.02. The van der Waals surface area contributed by atoms with Crippen LogP contribution in [0.3, 0.4) is 0 Å². The van der Waals surface area contributed by atoms with E-state index in [0.29, 0.717) is 21.5 Å². The van der Waals surface area contributed by atoms with Crippen LogP contribution in [0.15, 0.2) is 29.4 Å². The van der Waals surface area contributed by atoms with Crippen LogP contribution in [0.4, 0.5) is 0 Å². The maximum atomic E-state index is 12.2. The van der Waals surface area contributed by atoms with Gasteiger partial charge in [-0.05, 0) is 18.2 Å². The summed E-state index contributed by atoms with van der Waals surface area (Å²) >= 11 is 11.8. The van der Waals surface area contributed by atoms with E-state index in [-0.39, 0.29) is 11.6 Å². The van der Waals surface area contributed by atoms with Crippen molar-refractivity contribution in [3.63, 3.8) is 0 Å². The molecule has 1 atom stereocenters. The zero-order chi connectivity index (χ0) is 15.4. The molecule has 1 aromatic carbocycles. The van der Waals surface area contributed by atoms with E-state index in [0.717, 1.165) is 0 Å². The fourth-order valence-corrected chi connectivity index (χ4v) is 3.25. The molecule has 1 aromatic heterocycles. The minimum atomic E-state index is -1.33. The van der Waals surface area contributed by atoms with Gasteiger partial charge in [-0.25, -0.2) is 9.78 Å². The maximum absolute atomic E-state index is 12.2. The molecule has 0 radical (unpaired) electrons. The van der Waals surface area contributed by atoms with Gasteiger partial charge >= 0.3 is 5.97 Å². The number of hydrogen-bond acceptors (Lipinski definition) is 5. The van der Waals surface area contributed by atoms with Crippen molar-refractivity contribution in [2.45, 2.75) is 11.4 Å². The van der Waals surface area contributed by atoms with Crippen LogP contribution < -0.4 is 0 Å². The first-order valence-corrected chi connectivity index (χ1v) is 7.90. The van der Waals surface area contributed by atoms with Gasteiger partial charge in [0.1, 0.15) is 6.33 Å². The van der Waals surface area contributed by atoms with E-state index in [4.69, 9.17) is 23.2 Å². The van der Waals surface area contributed by atoms with Gasteiger partial charge in [-0.15, -0.1) is 5.10 Å². The molecule has 0 aliphatic carbocycles. The minimum Gasteiger partial charge on any atom is -0.463 e. The highest BCUT2D eigenvalue weighted by atomic mass is 35.5. The van der Waals surface area contributed by atoms with Gasteiger partial charge in [0.05, 0.1) is 34.4 Å². The number of hydrogen-bond donors (Lipinski definition) is 0. The average molecular weight is 348 g/mol. The lowest BCUT2D eigenvalue weighted by molar-refractivity contribution is 0.0586.